The maximum Gasteiger partial charge on any atom is 0.326 e. The predicted molar refractivity (Wildman–Crippen MR) is 146 cm³/mol. The highest BCUT2D eigenvalue weighted by Crippen LogP contribution is 2.38. The minimum Gasteiger partial charge on any atom is -0.490 e. The van der Waals surface area contributed by atoms with Gasteiger partial charge in [-0.25, -0.2) is 0 Å². The van der Waals surface area contributed by atoms with Gasteiger partial charge in [-0.2, -0.15) is 0 Å². The van der Waals surface area contributed by atoms with Crippen LogP contribution in [0, 0.1) is 0 Å². The summed E-state index contributed by atoms with van der Waals surface area (Å²) in [6, 6.07) is 8.74. The van der Waals surface area contributed by atoms with Gasteiger partial charge in [0, 0.05) is 21.2 Å². The molecule has 0 atom stereocenters. The highest BCUT2D eigenvalue weighted by Gasteiger charge is 2.37. The van der Waals surface area contributed by atoms with E-state index in [1.807, 2.05) is 13.0 Å². The number of hydrogen-bond donors (Lipinski definition) is 0. The van der Waals surface area contributed by atoms with Gasteiger partial charge in [0.2, 0.25) is 0 Å². The molecule has 1 fully saturated rings. The summed E-state index contributed by atoms with van der Waals surface area (Å²) in [5.41, 5.74) is 2.16. The van der Waals surface area contributed by atoms with E-state index < -0.39 is 23.7 Å². The average molecular weight is 564 g/mol. The Labute approximate surface area is 230 Å². The molecule has 0 unspecified atom stereocenters. The Morgan fingerprint density at radius 3 is 2.54 bits per heavy atom. The molecule has 0 N–H and O–H groups in total. The fraction of sp³-hybridized carbons (Fsp3) is 0.296. The minimum absolute atomic E-state index is 0.185. The van der Waals surface area contributed by atoms with Crippen molar-refractivity contribution >= 4 is 58.2 Å². The number of ether oxygens (including phenoxy) is 3. The molecule has 0 spiro atoms. The maximum absolute atomic E-state index is 12.9. The van der Waals surface area contributed by atoms with Crippen molar-refractivity contribution in [1.82, 2.24) is 4.90 Å². The number of rotatable bonds is 11. The Kier molecular flexibility index (Phi) is 10.1. The van der Waals surface area contributed by atoms with Crippen LogP contribution >= 0.6 is 35.0 Å². The summed E-state index contributed by atoms with van der Waals surface area (Å²) in [4.78, 5) is 38.3. The van der Waals surface area contributed by atoms with Gasteiger partial charge < -0.3 is 14.2 Å². The number of carbonyl (C=O) groups is 3. The van der Waals surface area contributed by atoms with Crippen molar-refractivity contribution in [3.05, 3.63) is 74.6 Å². The molecule has 0 aromatic heterocycles. The number of imide groups is 1. The molecule has 1 heterocycles. The monoisotopic (exact) mass is 563 g/mol. The predicted octanol–water partition coefficient (Wildman–Crippen LogP) is 6.69. The Bertz CT molecular complexity index is 1240. The number of carbonyl (C=O) groups excluding carboxylic acids is 3. The summed E-state index contributed by atoms with van der Waals surface area (Å²) < 4.78 is 17.0. The molecule has 7 nitrogen and oxygen atoms in total. The molecule has 10 heteroatoms. The fourth-order valence-electron chi connectivity index (χ4n) is 3.51. The summed E-state index contributed by atoms with van der Waals surface area (Å²) in [6.07, 6.45) is 3.44. The smallest absolute Gasteiger partial charge is 0.326 e. The lowest BCUT2D eigenvalue weighted by Gasteiger charge is -2.17. The summed E-state index contributed by atoms with van der Waals surface area (Å²) in [7, 11) is 0. The first-order chi connectivity index (χ1) is 17.6. The second kappa shape index (κ2) is 13.0. The summed E-state index contributed by atoms with van der Waals surface area (Å²) >= 11 is 13.1. The van der Waals surface area contributed by atoms with E-state index in [9.17, 15) is 14.4 Å². The SMILES string of the molecule is C=CCc1cc(/C=C2/SC(=O)N(CC(=O)OC(C)C)C2=O)cc(OCC)c1OCc1ccc(Cl)cc1Cl. The van der Waals surface area contributed by atoms with Crippen molar-refractivity contribution in [3.8, 4) is 11.5 Å². The molecule has 3 rings (SSSR count). The molecule has 2 amide bonds. The fourth-order valence-corrected chi connectivity index (χ4v) is 4.81. The lowest BCUT2D eigenvalue weighted by atomic mass is 10.0. The van der Waals surface area contributed by atoms with Crippen LogP contribution in [0.4, 0.5) is 4.79 Å². The topological polar surface area (TPSA) is 82.1 Å². The number of thioether (sulfide) groups is 1. The standard InChI is InChI=1S/C27H27Cl2NO6S/c1-5-7-18-10-17(12-23-26(32)30(27(33)37-23)14-24(31)36-16(3)4)11-22(34-6-2)25(18)35-15-19-8-9-20(28)13-21(19)29/h5,8-13,16H,1,6-7,14-15H2,2-4H3/b23-12+. The zero-order chi connectivity index (χ0) is 27.1. The van der Waals surface area contributed by atoms with Gasteiger partial charge in [0.15, 0.2) is 11.5 Å². The van der Waals surface area contributed by atoms with Gasteiger partial charge in [-0.3, -0.25) is 19.3 Å². The van der Waals surface area contributed by atoms with Crippen LogP contribution in [0.3, 0.4) is 0 Å². The molecule has 1 saturated heterocycles. The van der Waals surface area contributed by atoms with Crippen LogP contribution in [-0.2, 0) is 27.4 Å². The van der Waals surface area contributed by atoms with Crippen LogP contribution in [0.25, 0.3) is 6.08 Å². The molecule has 0 bridgehead atoms. The largest absolute Gasteiger partial charge is 0.490 e. The van der Waals surface area contributed by atoms with E-state index in [0.29, 0.717) is 40.1 Å². The first kappa shape index (κ1) is 28.6. The van der Waals surface area contributed by atoms with Crippen molar-refractivity contribution in [1.29, 1.82) is 0 Å². The molecule has 0 saturated carbocycles. The summed E-state index contributed by atoms with van der Waals surface area (Å²) in [6.45, 7) is 9.19. The van der Waals surface area contributed by atoms with Crippen LogP contribution in [0.15, 0.2) is 47.9 Å². The van der Waals surface area contributed by atoms with Crippen LogP contribution in [0.5, 0.6) is 11.5 Å². The summed E-state index contributed by atoms with van der Waals surface area (Å²) in [5.74, 6) is -0.211. The molecule has 1 aliphatic rings. The molecule has 37 heavy (non-hydrogen) atoms. The molecule has 0 radical (unpaired) electrons. The van der Waals surface area contributed by atoms with Crippen molar-refractivity contribution in [2.45, 2.75) is 39.9 Å². The zero-order valence-electron chi connectivity index (χ0n) is 20.7. The third-order valence-electron chi connectivity index (χ3n) is 5.03. The van der Waals surface area contributed by atoms with Crippen LogP contribution in [0.1, 0.15) is 37.5 Å². The highest BCUT2D eigenvalue weighted by atomic mass is 35.5. The van der Waals surface area contributed by atoms with E-state index >= 15 is 0 Å². The first-order valence-corrected chi connectivity index (χ1v) is 13.1. The van der Waals surface area contributed by atoms with E-state index in [-0.39, 0.29) is 17.6 Å². The van der Waals surface area contributed by atoms with Crippen LogP contribution in [-0.4, -0.2) is 41.3 Å². The zero-order valence-corrected chi connectivity index (χ0v) is 23.0. The Balaban J connectivity index is 1.90. The number of halogens is 2. The number of esters is 1. The Morgan fingerprint density at radius 2 is 1.89 bits per heavy atom. The lowest BCUT2D eigenvalue weighted by molar-refractivity contribution is -0.149. The molecule has 2 aromatic rings. The van der Waals surface area contributed by atoms with Crippen molar-refractivity contribution < 1.29 is 28.6 Å². The van der Waals surface area contributed by atoms with E-state index in [1.165, 1.54) is 0 Å². The van der Waals surface area contributed by atoms with E-state index in [0.717, 1.165) is 27.8 Å². The maximum atomic E-state index is 12.9. The number of amides is 2. The first-order valence-electron chi connectivity index (χ1n) is 11.5. The highest BCUT2D eigenvalue weighted by molar-refractivity contribution is 8.18. The third-order valence-corrected chi connectivity index (χ3v) is 6.53. The van der Waals surface area contributed by atoms with Crippen molar-refractivity contribution in [2.75, 3.05) is 13.2 Å². The average Bonchev–Trinajstić information content (AvgIpc) is 3.06. The number of hydrogen-bond acceptors (Lipinski definition) is 7. The van der Waals surface area contributed by atoms with Gasteiger partial charge in [0.05, 0.1) is 17.6 Å². The molecular formula is C27H27Cl2NO6S. The van der Waals surface area contributed by atoms with Gasteiger partial charge in [-0.05, 0) is 74.9 Å². The second-order valence-corrected chi connectivity index (χ2v) is 10.1. The third kappa shape index (κ3) is 7.53. The quantitative estimate of drug-likeness (QED) is 0.171. The molecule has 2 aromatic carbocycles. The number of benzene rings is 2. The number of allylic oxidation sites excluding steroid dienone is 1. The Hall–Kier alpha value is -2.94. The molecule has 1 aliphatic heterocycles. The number of nitrogens with zero attached hydrogens (tertiary/aromatic N) is 1. The molecular weight excluding hydrogens is 537 g/mol. The van der Waals surface area contributed by atoms with Crippen LogP contribution < -0.4 is 9.47 Å². The normalized spacial score (nSPS) is 14.4. The van der Waals surface area contributed by atoms with Gasteiger partial charge in [-0.1, -0.05) is 35.3 Å². The van der Waals surface area contributed by atoms with E-state index in [2.05, 4.69) is 6.58 Å². The van der Waals surface area contributed by atoms with Gasteiger partial charge in [-0.15, -0.1) is 6.58 Å². The van der Waals surface area contributed by atoms with Gasteiger partial charge in [0.1, 0.15) is 13.2 Å². The van der Waals surface area contributed by atoms with E-state index in [1.54, 1.807) is 50.3 Å². The van der Waals surface area contributed by atoms with Crippen molar-refractivity contribution in [3.63, 3.8) is 0 Å². The van der Waals surface area contributed by atoms with Crippen molar-refractivity contribution in [2.24, 2.45) is 0 Å². The minimum atomic E-state index is -0.646. The van der Waals surface area contributed by atoms with E-state index in [4.69, 9.17) is 37.4 Å². The summed E-state index contributed by atoms with van der Waals surface area (Å²) in [5, 5.41) is 0.482. The van der Waals surface area contributed by atoms with Crippen LogP contribution in [0.2, 0.25) is 10.0 Å². The van der Waals surface area contributed by atoms with Gasteiger partial charge in [0.25, 0.3) is 11.1 Å². The molecule has 0 aliphatic carbocycles. The lowest BCUT2D eigenvalue weighted by Crippen LogP contribution is -2.35. The second-order valence-electron chi connectivity index (χ2n) is 8.26. The Morgan fingerprint density at radius 1 is 1.14 bits per heavy atom. The van der Waals surface area contributed by atoms with Gasteiger partial charge >= 0.3 is 5.97 Å². The molecule has 196 valence electrons.